The minimum atomic E-state index is -4.16. The van der Waals surface area contributed by atoms with Crippen LogP contribution in [0.1, 0.15) is 5.56 Å². The molecule has 0 radical (unpaired) electrons. The lowest BCUT2D eigenvalue weighted by Gasteiger charge is -2.14. The number of aromatic hydroxyl groups is 2. The lowest BCUT2D eigenvalue weighted by Crippen LogP contribution is -2.22. The maximum atomic E-state index is 13.3. The van der Waals surface area contributed by atoms with E-state index in [1.807, 2.05) is 0 Å². The molecule has 2 aromatic rings. The number of halogens is 2. The Balaban J connectivity index is 2.04. The van der Waals surface area contributed by atoms with Crippen LogP contribution in [0.2, 0.25) is 5.02 Å². The topological polar surface area (TPSA) is 111 Å². The first kappa shape index (κ1) is 18.1. The van der Waals surface area contributed by atoms with E-state index in [0.717, 1.165) is 30.3 Å². The zero-order chi connectivity index (χ0) is 19.1. The molecule has 0 atom stereocenters. The van der Waals surface area contributed by atoms with Crippen LogP contribution in [0, 0.1) is 5.82 Å². The highest BCUT2D eigenvalue weighted by molar-refractivity contribution is 7.92. The van der Waals surface area contributed by atoms with Gasteiger partial charge in [-0.3, -0.25) is 9.73 Å². The fraction of sp³-hybridized carbons (Fsp3) is 0.0667. The van der Waals surface area contributed by atoms with Crippen molar-refractivity contribution in [1.29, 1.82) is 0 Å². The normalized spacial score (nSPS) is 14.1. The number of sulfonamides is 1. The van der Waals surface area contributed by atoms with E-state index in [1.165, 1.54) is 11.2 Å². The molecule has 26 heavy (non-hydrogen) atoms. The minimum absolute atomic E-state index is 0.0657. The van der Waals surface area contributed by atoms with Crippen molar-refractivity contribution in [2.24, 2.45) is 0 Å². The van der Waals surface area contributed by atoms with Crippen LogP contribution in [-0.2, 0) is 14.9 Å². The molecular weight excluding hydrogens is 389 g/mol. The molecule has 0 unspecified atom stereocenters. The third-order valence-electron chi connectivity index (χ3n) is 3.44. The third kappa shape index (κ3) is 3.47. The highest BCUT2D eigenvalue weighted by Gasteiger charge is 2.23. The number of rotatable bonds is 4. The van der Waals surface area contributed by atoms with Gasteiger partial charge in [0.05, 0.1) is 21.8 Å². The summed E-state index contributed by atoms with van der Waals surface area (Å²) >= 11 is 5.64. The molecule has 1 aliphatic heterocycles. The number of nitrogens with one attached hydrogen (secondary N) is 2. The molecule has 2 aromatic carbocycles. The molecule has 8 nitrogen and oxygen atoms in total. The summed E-state index contributed by atoms with van der Waals surface area (Å²) in [7, 11) is -2.52. The summed E-state index contributed by atoms with van der Waals surface area (Å²) in [4.78, 5) is 4.90. The Morgan fingerprint density at radius 3 is 2.54 bits per heavy atom. The standard InChI is InChI=1S/C15H13ClFN3O5S/c1-20-7-15(25-19-20)9-5-13(21)14(22)6-12(9)18-26(23,24)8-2-3-11(17)10(16)4-8/h2-7,18-19,21-22H,1H3. The van der Waals surface area contributed by atoms with Gasteiger partial charge >= 0.3 is 0 Å². The fourth-order valence-electron chi connectivity index (χ4n) is 2.19. The summed E-state index contributed by atoms with van der Waals surface area (Å²) in [5, 5.41) is 20.6. The SMILES string of the molecule is CN1C=C(c2cc(O)c(O)cc2NS(=O)(=O)c2ccc(F)c(Cl)c2)ON1. The summed E-state index contributed by atoms with van der Waals surface area (Å²) in [5.41, 5.74) is 2.59. The first-order chi connectivity index (χ1) is 12.2. The van der Waals surface area contributed by atoms with Crippen molar-refractivity contribution in [3.05, 3.63) is 52.9 Å². The Kier molecular flexibility index (Phi) is 4.57. The smallest absolute Gasteiger partial charge is 0.261 e. The summed E-state index contributed by atoms with van der Waals surface area (Å²) in [5.74, 6) is -1.57. The second kappa shape index (κ2) is 6.56. The molecule has 3 rings (SSSR count). The fourth-order valence-corrected chi connectivity index (χ4v) is 3.53. The molecule has 0 aliphatic carbocycles. The number of anilines is 1. The molecule has 138 valence electrons. The Bertz CT molecular complexity index is 1010. The molecule has 0 bridgehead atoms. The van der Waals surface area contributed by atoms with Gasteiger partial charge in [-0.15, -0.1) is 0 Å². The number of phenols is 2. The van der Waals surface area contributed by atoms with Gasteiger partial charge in [-0.25, -0.2) is 12.8 Å². The van der Waals surface area contributed by atoms with Crippen LogP contribution in [0.3, 0.4) is 0 Å². The van der Waals surface area contributed by atoms with Crippen LogP contribution in [0.25, 0.3) is 5.76 Å². The van der Waals surface area contributed by atoms with Gasteiger partial charge < -0.3 is 15.1 Å². The van der Waals surface area contributed by atoms with Gasteiger partial charge in [0.25, 0.3) is 10.0 Å². The number of hydrogen-bond donors (Lipinski definition) is 4. The van der Waals surface area contributed by atoms with Crippen LogP contribution in [-0.4, -0.2) is 30.7 Å². The number of phenolic OH excluding ortho intramolecular Hbond substituents is 2. The van der Waals surface area contributed by atoms with Crippen LogP contribution in [0.5, 0.6) is 11.5 Å². The van der Waals surface area contributed by atoms with Gasteiger partial charge in [0.15, 0.2) is 17.3 Å². The molecule has 1 heterocycles. The van der Waals surface area contributed by atoms with Gasteiger partial charge in [0.2, 0.25) is 0 Å². The molecular formula is C15H13ClFN3O5S. The Morgan fingerprint density at radius 2 is 1.92 bits per heavy atom. The van der Waals surface area contributed by atoms with E-state index in [9.17, 15) is 23.0 Å². The van der Waals surface area contributed by atoms with Gasteiger partial charge in [-0.05, 0) is 24.3 Å². The van der Waals surface area contributed by atoms with Crippen LogP contribution in [0.4, 0.5) is 10.1 Å². The van der Waals surface area contributed by atoms with E-state index in [2.05, 4.69) is 10.3 Å². The van der Waals surface area contributed by atoms with Crippen molar-refractivity contribution in [1.82, 2.24) is 10.6 Å². The summed E-state index contributed by atoms with van der Waals surface area (Å²) < 4.78 is 40.7. The second-order valence-electron chi connectivity index (χ2n) is 5.37. The maximum Gasteiger partial charge on any atom is 0.261 e. The van der Waals surface area contributed by atoms with Crippen LogP contribution in [0.15, 0.2) is 41.4 Å². The zero-order valence-electron chi connectivity index (χ0n) is 13.2. The van der Waals surface area contributed by atoms with Crippen molar-refractivity contribution in [2.45, 2.75) is 4.90 Å². The average molecular weight is 402 g/mol. The van der Waals surface area contributed by atoms with Crippen LogP contribution >= 0.6 is 11.6 Å². The van der Waals surface area contributed by atoms with Gasteiger partial charge in [0.1, 0.15) is 5.82 Å². The number of hydrazine groups is 1. The number of benzene rings is 2. The average Bonchev–Trinajstić information content (AvgIpc) is 2.99. The predicted octanol–water partition coefficient (Wildman–Crippen LogP) is 2.37. The summed E-state index contributed by atoms with van der Waals surface area (Å²) in [6.07, 6.45) is 1.50. The van der Waals surface area contributed by atoms with E-state index >= 15 is 0 Å². The van der Waals surface area contributed by atoms with Crippen molar-refractivity contribution >= 4 is 33.1 Å². The third-order valence-corrected chi connectivity index (χ3v) is 5.09. The lowest BCUT2D eigenvalue weighted by molar-refractivity contribution is 0.0650. The summed E-state index contributed by atoms with van der Waals surface area (Å²) in [6.45, 7) is 0. The van der Waals surface area contributed by atoms with E-state index in [4.69, 9.17) is 16.4 Å². The summed E-state index contributed by atoms with van der Waals surface area (Å²) in [6, 6.07) is 5.09. The first-order valence-electron chi connectivity index (χ1n) is 7.09. The highest BCUT2D eigenvalue weighted by atomic mass is 35.5. The molecule has 0 amide bonds. The Hall–Kier alpha value is -2.69. The molecule has 0 saturated heterocycles. The lowest BCUT2D eigenvalue weighted by atomic mass is 10.1. The van der Waals surface area contributed by atoms with Gasteiger partial charge in [0, 0.05) is 18.7 Å². The maximum absolute atomic E-state index is 13.3. The molecule has 11 heteroatoms. The number of hydrogen-bond acceptors (Lipinski definition) is 7. The second-order valence-corrected chi connectivity index (χ2v) is 7.46. The predicted molar refractivity (Wildman–Crippen MR) is 92.0 cm³/mol. The van der Waals surface area contributed by atoms with Gasteiger partial charge in [-0.1, -0.05) is 17.2 Å². The highest BCUT2D eigenvalue weighted by Crippen LogP contribution is 2.37. The minimum Gasteiger partial charge on any atom is -0.504 e. The molecule has 0 spiro atoms. The number of nitrogens with zero attached hydrogens (tertiary/aromatic N) is 1. The molecule has 0 fully saturated rings. The zero-order valence-corrected chi connectivity index (χ0v) is 14.8. The van der Waals surface area contributed by atoms with E-state index < -0.39 is 27.3 Å². The van der Waals surface area contributed by atoms with Crippen molar-refractivity contribution < 1.29 is 27.9 Å². The molecule has 0 saturated carbocycles. The van der Waals surface area contributed by atoms with E-state index in [-0.39, 0.29) is 26.9 Å². The monoisotopic (exact) mass is 401 g/mol. The van der Waals surface area contributed by atoms with Crippen molar-refractivity contribution in [3.8, 4) is 11.5 Å². The first-order valence-corrected chi connectivity index (χ1v) is 8.95. The molecule has 1 aliphatic rings. The largest absolute Gasteiger partial charge is 0.504 e. The Labute approximate surface area is 153 Å². The molecule has 4 N–H and O–H groups in total. The molecule has 0 aromatic heterocycles. The quantitative estimate of drug-likeness (QED) is 0.459. The van der Waals surface area contributed by atoms with Crippen LogP contribution < -0.4 is 10.3 Å². The van der Waals surface area contributed by atoms with E-state index in [1.54, 1.807) is 7.05 Å². The Morgan fingerprint density at radius 1 is 1.23 bits per heavy atom. The van der Waals surface area contributed by atoms with Gasteiger partial charge in [-0.2, -0.15) is 0 Å². The van der Waals surface area contributed by atoms with Crippen molar-refractivity contribution in [2.75, 3.05) is 11.8 Å². The van der Waals surface area contributed by atoms with E-state index in [0.29, 0.717) is 0 Å². The van der Waals surface area contributed by atoms with Crippen molar-refractivity contribution in [3.63, 3.8) is 0 Å².